The molecule has 21 heavy (non-hydrogen) atoms. The molecule has 1 heterocycles. The van der Waals surface area contributed by atoms with Crippen LogP contribution in [0.4, 0.5) is 4.79 Å². The molecule has 0 aliphatic carbocycles. The monoisotopic (exact) mass is 291 g/mol. The van der Waals surface area contributed by atoms with Crippen molar-refractivity contribution < 1.29 is 19.4 Å². The summed E-state index contributed by atoms with van der Waals surface area (Å²) in [6.07, 6.45) is 2.80. The lowest BCUT2D eigenvalue weighted by atomic mass is 9.94. The summed E-state index contributed by atoms with van der Waals surface area (Å²) in [5.74, 6) is 0.0803. The van der Waals surface area contributed by atoms with Crippen LogP contribution in [0.2, 0.25) is 0 Å². The minimum absolute atomic E-state index is 0.300. The van der Waals surface area contributed by atoms with Crippen molar-refractivity contribution in [3.8, 4) is 0 Å². The van der Waals surface area contributed by atoms with Crippen molar-refractivity contribution in [1.29, 1.82) is 0 Å². The third-order valence-corrected chi connectivity index (χ3v) is 3.79. The summed E-state index contributed by atoms with van der Waals surface area (Å²) in [4.78, 5) is 24.1. The van der Waals surface area contributed by atoms with E-state index >= 15 is 0 Å². The molecular weight excluding hydrogens is 270 g/mol. The zero-order valence-electron chi connectivity index (χ0n) is 12.0. The number of carbonyl (C=O) groups is 2. The Labute approximate surface area is 124 Å². The van der Waals surface area contributed by atoms with Gasteiger partial charge < -0.3 is 14.7 Å². The minimum Gasteiger partial charge on any atom is -0.465 e. The number of carbonyl (C=O) groups excluding carboxylic acids is 1. The smallest absolute Gasteiger partial charge is 0.407 e. The maximum atomic E-state index is 11.7. The summed E-state index contributed by atoms with van der Waals surface area (Å²) in [6, 6.07) is 8.93. The molecule has 0 radical (unpaired) electrons. The van der Waals surface area contributed by atoms with Crippen LogP contribution >= 0.6 is 0 Å². The Morgan fingerprint density at radius 1 is 1.29 bits per heavy atom. The second kappa shape index (κ2) is 7.67. The van der Waals surface area contributed by atoms with Gasteiger partial charge in [0.2, 0.25) is 0 Å². The van der Waals surface area contributed by atoms with Gasteiger partial charge in [-0.05, 0) is 43.7 Å². The first-order chi connectivity index (χ1) is 10.2. The standard InChI is InChI=1S/C16H21NO4/c18-15(14-8-2-1-3-9-14)21-11-5-7-13-6-4-10-17(12-13)16(19)20/h1-3,8-9,13H,4-7,10-12H2,(H,19,20)/t13-/m1/s1. The molecule has 1 saturated heterocycles. The van der Waals surface area contributed by atoms with Crippen LogP contribution in [0.3, 0.4) is 0 Å². The highest BCUT2D eigenvalue weighted by atomic mass is 16.5. The van der Waals surface area contributed by atoms with E-state index in [2.05, 4.69) is 0 Å². The molecule has 1 aromatic rings. The average Bonchev–Trinajstić information content (AvgIpc) is 2.52. The number of rotatable bonds is 5. The maximum Gasteiger partial charge on any atom is 0.407 e. The van der Waals surface area contributed by atoms with Crippen LogP contribution in [0.5, 0.6) is 0 Å². The van der Waals surface area contributed by atoms with Gasteiger partial charge in [-0.1, -0.05) is 18.2 Å². The number of piperidine rings is 1. The fourth-order valence-corrected chi connectivity index (χ4v) is 2.67. The molecule has 2 rings (SSSR count). The summed E-state index contributed by atoms with van der Waals surface area (Å²) >= 11 is 0. The summed E-state index contributed by atoms with van der Waals surface area (Å²) in [5, 5.41) is 8.98. The highest BCUT2D eigenvalue weighted by molar-refractivity contribution is 5.89. The molecule has 1 aliphatic heterocycles. The number of hydrogen-bond acceptors (Lipinski definition) is 3. The van der Waals surface area contributed by atoms with E-state index in [0.717, 1.165) is 25.7 Å². The van der Waals surface area contributed by atoms with Gasteiger partial charge in [0, 0.05) is 13.1 Å². The second-order valence-electron chi connectivity index (χ2n) is 5.38. The molecule has 1 fully saturated rings. The zero-order chi connectivity index (χ0) is 15.1. The number of carboxylic acid groups (broad SMARTS) is 1. The molecule has 0 saturated carbocycles. The van der Waals surface area contributed by atoms with E-state index in [1.165, 1.54) is 4.90 Å². The van der Waals surface area contributed by atoms with Gasteiger partial charge in [-0.25, -0.2) is 9.59 Å². The van der Waals surface area contributed by atoms with Gasteiger partial charge in [-0.3, -0.25) is 0 Å². The van der Waals surface area contributed by atoms with Crippen molar-refractivity contribution >= 4 is 12.1 Å². The Morgan fingerprint density at radius 3 is 2.76 bits per heavy atom. The molecule has 1 amide bonds. The van der Waals surface area contributed by atoms with Crippen LogP contribution in [0.15, 0.2) is 30.3 Å². The van der Waals surface area contributed by atoms with Gasteiger partial charge in [0.1, 0.15) is 0 Å². The number of likely N-dealkylation sites (tertiary alicyclic amines) is 1. The number of benzene rings is 1. The van der Waals surface area contributed by atoms with Crippen molar-refractivity contribution in [2.24, 2.45) is 5.92 Å². The predicted molar refractivity (Wildman–Crippen MR) is 78.3 cm³/mol. The van der Waals surface area contributed by atoms with Crippen molar-refractivity contribution in [1.82, 2.24) is 4.90 Å². The number of nitrogens with zero attached hydrogens (tertiary/aromatic N) is 1. The van der Waals surface area contributed by atoms with E-state index in [4.69, 9.17) is 9.84 Å². The van der Waals surface area contributed by atoms with Crippen molar-refractivity contribution in [2.75, 3.05) is 19.7 Å². The third kappa shape index (κ3) is 4.77. The summed E-state index contributed by atoms with van der Waals surface area (Å²) in [7, 11) is 0. The van der Waals surface area contributed by atoms with Crippen LogP contribution in [-0.4, -0.2) is 41.8 Å². The van der Waals surface area contributed by atoms with E-state index in [9.17, 15) is 9.59 Å². The third-order valence-electron chi connectivity index (χ3n) is 3.79. The molecular formula is C16H21NO4. The van der Waals surface area contributed by atoms with Gasteiger partial charge in [0.25, 0.3) is 0 Å². The molecule has 1 N–H and O–H groups in total. The van der Waals surface area contributed by atoms with Gasteiger partial charge in [-0.2, -0.15) is 0 Å². The molecule has 0 spiro atoms. The summed E-state index contributed by atoms with van der Waals surface area (Å²) < 4.78 is 5.22. The summed E-state index contributed by atoms with van der Waals surface area (Å²) in [5.41, 5.74) is 0.562. The zero-order valence-corrected chi connectivity index (χ0v) is 12.0. The van der Waals surface area contributed by atoms with Crippen molar-refractivity contribution in [3.63, 3.8) is 0 Å². The molecule has 5 nitrogen and oxygen atoms in total. The normalized spacial score (nSPS) is 18.3. The van der Waals surface area contributed by atoms with Gasteiger partial charge >= 0.3 is 12.1 Å². The average molecular weight is 291 g/mol. The van der Waals surface area contributed by atoms with Gasteiger partial charge in [-0.15, -0.1) is 0 Å². The minimum atomic E-state index is -0.838. The Morgan fingerprint density at radius 2 is 2.05 bits per heavy atom. The highest BCUT2D eigenvalue weighted by Gasteiger charge is 2.22. The lowest BCUT2D eigenvalue weighted by Crippen LogP contribution is -2.39. The number of hydrogen-bond donors (Lipinski definition) is 1. The van der Waals surface area contributed by atoms with E-state index in [1.54, 1.807) is 24.3 Å². The van der Waals surface area contributed by atoms with Crippen LogP contribution in [0.25, 0.3) is 0 Å². The molecule has 1 atom stereocenters. The number of esters is 1. The first-order valence-electron chi connectivity index (χ1n) is 7.37. The lowest BCUT2D eigenvalue weighted by Gasteiger charge is -2.30. The van der Waals surface area contributed by atoms with E-state index in [0.29, 0.717) is 31.2 Å². The van der Waals surface area contributed by atoms with Crippen molar-refractivity contribution in [2.45, 2.75) is 25.7 Å². The number of ether oxygens (including phenoxy) is 1. The molecule has 0 aromatic heterocycles. The fourth-order valence-electron chi connectivity index (χ4n) is 2.67. The van der Waals surface area contributed by atoms with Crippen molar-refractivity contribution in [3.05, 3.63) is 35.9 Å². The molecule has 0 unspecified atom stereocenters. The molecule has 5 heteroatoms. The predicted octanol–water partition coefficient (Wildman–Crippen LogP) is 3.01. The lowest BCUT2D eigenvalue weighted by molar-refractivity contribution is 0.0488. The van der Waals surface area contributed by atoms with Gasteiger partial charge in [0.15, 0.2) is 0 Å². The van der Waals surface area contributed by atoms with E-state index in [-0.39, 0.29) is 5.97 Å². The van der Waals surface area contributed by atoms with Crippen LogP contribution in [0, 0.1) is 5.92 Å². The Balaban J connectivity index is 1.66. The van der Waals surface area contributed by atoms with Crippen LogP contribution < -0.4 is 0 Å². The van der Waals surface area contributed by atoms with Crippen LogP contribution in [0.1, 0.15) is 36.0 Å². The topological polar surface area (TPSA) is 66.8 Å². The maximum absolute atomic E-state index is 11.7. The quantitative estimate of drug-likeness (QED) is 0.669. The molecule has 0 bridgehead atoms. The fraction of sp³-hybridized carbons (Fsp3) is 0.500. The SMILES string of the molecule is O=C(OCCC[C@H]1CCCN(C(=O)O)C1)c1ccccc1. The van der Waals surface area contributed by atoms with Crippen LogP contribution in [-0.2, 0) is 4.74 Å². The second-order valence-corrected chi connectivity index (χ2v) is 5.38. The first kappa shape index (κ1) is 15.4. The first-order valence-corrected chi connectivity index (χ1v) is 7.37. The Bertz CT molecular complexity index is 474. The van der Waals surface area contributed by atoms with Gasteiger partial charge in [0.05, 0.1) is 12.2 Å². The van der Waals surface area contributed by atoms with E-state index < -0.39 is 6.09 Å². The van der Waals surface area contributed by atoms with E-state index in [1.807, 2.05) is 6.07 Å². The molecule has 1 aromatic carbocycles. The Kier molecular flexibility index (Phi) is 5.60. The Hall–Kier alpha value is -2.04. The summed E-state index contributed by atoms with van der Waals surface area (Å²) in [6.45, 7) is 1.62. The highest BCUT2D eigenvalue weighted by Crippen LogP contribution is 2.21. The number of amides is 1. The molecule has 1 aliphatic rings. The largest absolute Gasteiger partial charge is 0.465 e. The molecule has 114 valence electrons.